The van der Waals surface area contributed by atoms with E-state index in [2.05, 4.69) is 5.32 Å². The summed E-state index contributed by atoms with van der Waals surface area (Å²) in [6.45, 7) is 3.36. The van der Waals surface area contributed by atoms with Crippen LogP contribution in [0, 0.1) is 12.7 Å². The van der Waals surface area contributed by atoms with Gasteiger partial charge in [-0.1, -0.05) is 35.9 Å². The molecule has 6 heteroatoms. The number of ether oxygens (including phenoxy) is 1. The zero-order chi connectivity index (χ0) is 18.4. The third kappa shape index (κ3) is 5.43. The molecule has 0 saturated carbocycles. The number of aryl methyl sites for hydroxylation is 1. The first kappa shape index (κ1) is 18.7. The van der Waals surface area contributed by atoms with Crippen molar-refractivity contribution in [2.45, 2.75) is 20.0 Å². The molecule has 130 valence electrons. The van der Waals surface area contributed by atoms with Gasteiger partial charge in [0.15, 0.2) is 6.10 Å². The summed E-state index contributed by atoms with van der Waals surface area (Å²) < 4.78 is 18.0. The van der Waals surface area contributed by atoms with Crippen LogP contribution < -0.4 is 5.32 Å². The van der Waals surface area contributed by atoms with Crippen LogP contribution in [-0.4, -0.2) is 18.0 Å². The zero-order valence-corrected chi connectivity index (χ0v) is 14.5. The molecule has 0 fully saturated rings. The van der Waals surface area contributed by atoms with E-state index in [-0.39, 0.29) is 10.7 Å². The lowest BCUT2D eigenvalue weighted by Crippen LogP contribution is -2.29. The van der Waals surface area contributed by atoms with Gasteiger partial charge in [0.2, 0.25) is 0 Å². The largest absolute Gasteiger partial charge is 0.449 e. The van der Waals surface area contributed by atoms with E-state index in [1.54, 1.807) is 6.08 Å². The Morgan fingerprint density at radius 2 is 1.96 bits per heavy atom. The Bertz CT molecular complexity index is 820. The van der Waals surface area contributed by atoms with Gasteiger partial charge in [0.05, 0.1) is 10.7 Å². The molecular formula is C19H17ClFNO3. The number of hydrogen-bond donors (Lipinski definition) is 1. The van der Waals surface area contributed by atoms with E-state index in [0.29, 0.717) is 0 Å². The van der Waals surface area contributed by atoms with Crippen molar-refractivity contribution in [1.29, 1.82) is 0 Å². The minimum atomic E-state index is -1.03. The molecular weight excluding hydrogens is 345 g/mol. The van der Waals surface area contributed by atoms with Gasteiger partial charge >= 0.3 is 5.97 Å². The highest BCUT2D eigenvalue weighted by atomic mass is 35.5. The van der Waals surface area contributed by atoms with Crippen LogP contribution in [0.2, 0.25) is 5.02 Å². The number of anilines is 1. The number of hydrogen-bond acceptors (Lipinski definition) is 3. The summed E-state index contributed by atoms with van der Waals surface area (Å²) in [6, 6.07) is 11.1. The van der Waals surface area contributed by atoms with Crippen LogP contribution in [0.3, 0.4) is 0 Å². The normalized spacial score (nSPS) is 12.0. The summed E-state index contributed by atoms with van der Waals surface area (Å²) in [4.78, 5) is 23.9. The van der Waals surface area contributed by atoms with E-state index >= 15 is 0 Å². The van der Waals surface area contributed by atoms with Gasteiger partial charge in [0.1, 0.15) is 5.82 Å². The van der Waals surface area contributed by atoms with Crippen LogP contribution >= 0.6 is 11.6 Å². The van der Waals surface area contributed by atoms with Crippen LogP contribution in [0.15, 0.2) is 48.5 Å². The van der Waals surface area contributed by atoms with Gasteiger partial charge in [0.25, 0.3) is 5.91 Å². The zero-order valence-electron chi connectivity index (χ0n) is 13.8. The fourth-order valence-corrected chi connectivity index (χ4v) is 2.24. The molecule has 1 atom stereocenters. The quantitative estimate of drug-likeness (QED) is 0.635. The lowest BCUT2D eigenvalue weighted by Gasteiger charge is -2.13. The minimum absolute atomic E-state index is 0.0614. The molecule has 0 aliphatic carbocycles. The number of carbonyl (C=O) groups is 2. The average Bonchev–Trinajstić information content (AvgIpc) is 2.56. The topological polar surface area (TPSA) is 55.4 Å². The average molecular weight is 362 g/mol. The summed E-state index contributed by atoms with van der Waals surface area (Å²) >= 11 is 5.84. The first-order chi connectivity index (χ1) is 11.9. The molecule has 2 aromatic carbocycles. The Balaban J connectivity index is 1.94. The maximum atomic E-state index is 13.0. The Morgan fingerprint density at radius 3 is 2.64 bits per heavy atom. The highest BCUT2D eigenvalue weighted by Crippen LogP contribution is 2.22. The molecule has 25 heavy (non-hydrogen) atoms. The Labute approximate surface area is 150 Å². The fourth-order valence-electron chi connectivity index (χ4n) is 2.02. The number of benzene rings is 2. The van der Waals surface area contributed by atoms with Gasteiger partial charge in [-0.25, -0.2) is 9.18 Å². The summed E-state index contributed by atoms with van der Waals surface area (Å²) in [7, 11) is 0. The van der Waals surface area contributed by atoms with Crippen molar-refractivity contribution in [3.8, 4) is 0 Å². The number of halogens is 2. The van der Waals surface area contributed by atoms with Crippen LogP contribution in [0.1, 0.15) is 18.1 Å². The van der Waals surface area contributed by atoms with Gasteiger partial charge < -0.3 is 10.1 Å². The van der Waals surface area contributed by atoms with Crippen molar-refractivity contribution in [3.63, 3.8) is 0 Å². The lowest BCUT2D eigenvalue weighted by molar-refractivity contribution is -0.148. The molecule has 0 spiro atoms. The fraction of sp³-hybridized carbons (Fsp3) is 0.158. The van der Waals surface area contributed by atoms with Crippen molar-refractivity contribution in [1.82, 2.24) is 0 Å². The van der Waals surface area contributed by atoms with Crippen LogP contribution in [0.25, 0.3) is 6.08 Å². The van der Waals surface area contributed by atoms with E-state index in [0.717, 1.165) is 17.2 Å². The second kappa shape index (κ2) is 8.44. The van der Waals surface area contributed by atoms with Crippen LogP contribution in [-0.2, 0) is 14.3 Å². The van der Waals surface area contributed by atoms with Gasteiger partial charge in [-0.15, -0.1) is 0 Å². The number of rotatable bonds is 5. The number of amides is 1. The molecule has 0 aliphatic rings. The standard InChI is InChI=1S/C19H17ClFNO3/c1-12-5-3-4-6-14(12)7-10-18(23)25-13(2)19(24)22-17-9-8-15(21)11-16(17)20/h3-11,13H,1-2H3,(H,22,24)/b10-7+/t13-/m0/s1. The van der Waals surface area contributed by atoms with E-state index < -0.39 is 23.8 Å². The van der Waals surface area contributed by atoms with Crippen molar-refractivity contribution >= 4 is 35.2 Å². The van der Waals surface area contributed by atoms with E-state index in [9.17, 15) is 14.0 Å². The lowest BCUT2D eigenvalue weighted by atomic mass is 10.1. The second-order valence-electron chi connectivity index (χ2n) is 5.38. The van der Waals surface area contributed by atoms with Crippen LogP contribution in [0.5, 0.6) is 0 Å². The summed E-state index contributed by atoms with van der Waals surface area (Å²) in [5, 5.41) is 2.55. The van der Waals surface area contributed by atoms with Gasteiger partial charge in [-0.05, 0) is 49.2 Å². The van der Waals surface area contributed by atoms with E-state index in [4.69, 9.17) is 16.3 Å². The van der Waals surface area contributed by atoms with Gasteiger partial charge in [-0.2, -0.15) is 0 Å². The molecule has 0 saturated heterocycles. The van der Waals surface area contributed by atoms with Gasteiger partial charge in [-0.3, -0.25) is 4.79 Å². The third-order valence-corrected chi connectivity index (χ3v) is 3.75. The first-order valence-corrected chi connectivity index (χ1v) is 7.95. The highest BCUT2D eigenvalue weighted by molar-refractivity contribution is 6.33. The van der Waals surface area contributed by atoms with Crippen molar-refractivity contribution < 1.29 is 18.7 Å². The molecule has 1 N–H and O–H groups in total. The SMILES string of the molecule is Cc1ccccc1/C=C/C(=O)O[C@@H](C)C(=O)Nc1ccc(F)cc1Cl. The smallest absolute Gasteiger partial charge is 0.331 e. The summed E-state index contributed by atoms with van der Waals surface area (Å²) in [5.41, 5.74) is 2.14. The molecule has 2 rings (SSSR count). The maximum Gasteiger partial charge on any atom is 0.331 e. The number of esters is 1. The maximum absolute atomic E-state index is 13.0. The molecule has 4 nitrogen and oxygen atoms in total. The monoisotopic (exact) mass is 361 g/mol. The molecule has 0 bridgehead atoms. The van der Waals surface area contributed by atoms with Gasteiger partial charge in [0, 0.05) is 6.08 Å². The van der Waals surface area contributed by atoms with Crippen molar-refractivity contribution in [2.75, 3.05) is 5.32 Å². The van der Waals surface area contributed by atoms with Crippen molar-refractivity contribution in [2.24, 2.45) is 0 Å². The number of carbonyl (C=O) groups excluding carboxylic acids is 2. The Hall–Kier alpha value is -2.66. The summed E-state index contributed by atoms with van der Waals surface area (Å²) in [5.74, 6) is -1.72. The molecule has 0 aromatic heterocycles. The van der Waals surface area contributed by atoms with E-state index in [1.165, 1.54) is 25.1 Å². The second-order valence-corrected chi connectivity index (χ2v) is 5.79. The molecule has 0 aliphatic heterocycles. The predicted octanol–water partition coefficient (Wildman–Crippen LogP) is 4.37. The highest BCUT2D eigenvalue weighted by Gasteiger charge is 2.17. The Morgan fingerprint density at radius 1 is 1.24 bits per heavy atom. The molecule has 1 amide bonds. The molecule has 2 aromatic rings. The van der Waals surface area contributed by atoms with E-state index in [1.807, 2.05) is 31.2 Å². The molecule has 0 radical (unpaired) electrons. The van der Waals surface area contributed by atoms with Crippen LogP contribution in [0.4, 0.5) is 10.1 Å². The predicted molar refractivity (Wildman–Crippen MR) is 95.8 cm³/mol. The molecule has 0 unspecified atom stereocenters. The number of nitrogens with one attached hydrogen (secondary N) is 1. The molecule has 0 heterocycles. The van der Waals surface area contributed by atoms with Crippen molar-refractivity contribution in [3.05, 3.63) is 70.5 Å². The Kier molecular flexibility index (Phi) is 6.31. The minimum Gasteiger partial charge on any atom is -0.449 e. The summed E-state index contributed by atoms with van der Waals surface area (Å²) in [6.07, 6.45) is 1.85. The first-order valence-electron chi connectivity index (χ1n) is 7.57. The third-order valence-electron chi connectivity index (χ3n) is 3.44.